The van der Waals surface area contributed by atoms with Gasteiger partial charge >= 0.3 is 5.97 Å². The van der Waals surface area contributed by atoms with E-state index in [1.54, 1.807) is 35.5 Å². The van der Waals surface area contributed by atoms with Crippen molar-refractivity contribution in [3.63, 3.8) is 0 Å². The Labute approximate surface area is 158 Å². The molecule has 3 rings (SSSR count). The van der Waals surface area contributed by atoms with Gasteiger partial charge in [0.25, 0.3) is 5.91 Å². The second-order valence-electron chi connectivity index (χ2n) is 5.18. The molecule has 3 aromatic rings. The molecule has 0 aliphatic carbocycles. The minimum absolute atomic E-state index is 0.0836. The van der Waals surface area contributed by atoms with Crippen LogP contribution >= 0.6 is 23.1 Å². The van der Waals surface area contributed by atoms with Gasteiger partial charge in [-0.15, -0.1) is 11.3 Å². The average Bonchev–Trinajstić information content (AvgIpc) is 3.30. The van der Waals surface area contributed by atoms with Crippen molar-refractivity contribution >= 4 is 40.1 Å². The Hall–Kier alpha value is -2.65. The van der Waals surface area contributed by atoms with Crippen molar-refractivity contribution in [2.45, 2.75) is 11.6 Å². The van der Waals surface area contributed by atoms with Gasteiger partial charge in [-0.3, -0.25) is 19.5 Å². The number of esters is 1. The average molecular weight is 388 g/mol. The number of aromatic nitrogens is 3. The number of anilines is 1. The first-order valence-electron chi connectivity index (χ1n) is 7.61. The first-order chi connectivity index (χ1) is 12.6. The standard InChI is InChI=1S/C17H16N4O3S2/c1-24-14(22)9-12-10-26-16(19-12)20-15(23)11-3-5-13(6-4-11)21-8-7-18-17(21)25-2/h3-8,10H,9H2,1-2H3,(H,19,20,23). The van der Waals surface area contributed by atoms with Crippen LogP contribution in [0.5, 0.6) is 0 Å². The predicted molar refractivity (Wildman–Crippen MR) is 101 cm³/mol. The number of imidazole rings is 1. The highest BCUT2D eigenvalue weighted by molar-refractivity contribution is 7.98. The Morgan fingerprint density at radius 1 is 1.31 bits per heavy atom. The number of nitrogens with zero attached hydrogens (tertiary/aromatic N) is 3. The van der Waals surface area contributed by atoms with Crippen molar-refractivity contribution in [2.24, 2.45) is 0 Å². The largest absolute Gasteiger partial charge is 0.469 e. The van der Waals surface area contributed by atoms with Gasteiger partial charge in [0.2, 0.25) is 0 Å². The molecule has 0 radical (unpaired) electrons. The van der Waals surface area contributed by atoms with Gasteiger partial charge in [-0.2, -0.15) is 0 Å². The van der Waals surface area contributed by atoms with Crippen molar-refractivity contribution in [2.75, 3.05) is 18.7 Å². The molecule has 0 saturated carbocycles. The van der Waals surface area contributed by atoms with Crippen molar-refractivity contribution in [1.29, 1.82) is 0 Å². The quantitative estimate of drug-likeness (QED) is 0.516. The number of thiazole rings is 1. The molecule has 0 fully saturated rings. The van der Waals surface area contributed by atoms with Crippen LogP contribution in [0.3, 0.4) is 0 Å². The summed E-state index contributed by atoms with van der Waals surface area (Å²) in [7, 11) is 1.33. The van der Waals surface area contributed by atoms with E-state index >= 15 is 0 Å². The molecule has 1 aromatic carbocycles. The molecule has 7 nitrogen and oxygen atoms in total. The van der Waals surface area contributed by atoms with Crippen molar-refractivity contribution in [3.8, 4) is 5.69 Å². The molecule has 2 heterocycles. The third-order valence-corrected chi connectivity index (χ3v) is 5.00. The maximum atomic E-state index is 12.4. The van der Waals surface area contributed by atoms with E-state index in [0.717, 1.165) is 10.8 Å². The number of methoxy groups -OCH3 is 1. The van der Waals surface area contributed by atoms with Gasteiger partial charge in [0.05, 0.1) is 19.2 Å². The smallest absolute Gasteiger partial charge is 0.311 e. The minimum Gasteiger partial charge on any atom is -0.469 e. The van der Waals surface area contributed by atoms with Crippen LogP contribution in [0.15, 0.2) is 47.2 Å². The first kappa shape index (κ1) is 18.2. The highest BCUT2D eigenvalue weighted by atomic mass is 32.2. The fourth-order valence-corrected chi connectivity index (χ4v) is 3.48. The minimum atomic E-state index is -0.368. The molecule has 0 spiro atoms. The lowest BCUT2D eigenvalue weighted by Gasteiger charge is -2.07. The molecule has 0 saturated heterocycles. The van der Waals surface area contributed by atoms with Crippen molar-refractivity contribution in [1.82, 2.24) is 14.5 Å². The van der Waals surface area contributed by atoms with Crippen LogP contribution in [0, 0.1) is 0 Å². The van der Waals surface area contributed by atoms with E-state index in [9.17, 15) is 9.59 Å². The van der Waals surface area contributed by atoms with E-state index in [1.807, 2.05) is 29.2 Å². The molecule has 0 aliphatic rings. The summed E-state index contributed by atoms with van der Waals surface area (Å²) < 4.78 is 6.55. The van der Waals surface area contributed by atoms with Gasteiger partial charge in [-0.25, -0.2) is 9.97 Å². The molecular weight excluding hydrogens is 372 g/mol. The Morgan fingerprint density at radius 3 is 2.77 bits per heavy atom. The maximum absolute atomic E-state index is 12.4. The molecule has 1 amide bonds. The zero-order valence-electron chi connectivity index (χ0n) is 14.1. The normalized spacial score (nSPS) is 10.5. The molecule has 0 bridgehead atoms. The van der Waals surface area contributed by atoms with Gasteiger partial charge in [0.1, 0.15) is 0 Å². The van der Waals surface area contributed by atoms with Gasteiger partial charge in [-0.1, -0.05) is 11.8 Å². The Bertz CT molecular complexity index is 918. The van der Waals surface area contributed by atoms with E-state index in [0.29, 0.717) is 16.4 Å². The number of hydrogen-bond donors (Lipinski definition) is 1. The van der Waals surface area contributed by atoms with Gasteiger partial charge in [-0.05, 0) is 30.5 Å². The fourth-order valence-electron chi connectivity index (χ4n) is 2.25. The van der Waals surface area contributed by atoms with E-state index in [-0.39, 0.29) is 18.3 Å². The summed E-state index contributed by atoms with van der Waals surface area (Å²) in [4.78, 5) is 32.1. The van der Waals surface area contributed by atoms with Crippen LogP contribution in [0.1, 0.15) is 16.1 Å². The van der Waals surface area contributed by atoms with Crippen molar-refractivity contribution < 1.29 is 14.3 Å². The highest BCUT2D eigenvalue weighted by Crippen LogP contribution is 2.20. The monoisotopic (exact) mass is 388 g/mol. The summed E-state index contributed by atoms with van der Waals surface area (Å²) in [5.74, 6) is -0.626. The Morgan fingerprint density at radius 2 is 2.08 bits per heavy atom. The summed E-state index contributed by atoms with van der Waals surface area (Å²) in [6.07, 6.45) is 5.66. The number of thioether (sulfide) groups is 1. The maximum Gasteiger partial charge on any atom is 0.311 e. The summed E-state index contributed by atoms with van der Waals surface area (Å²) in [5.41, 5.74) is 2.01. The highest BCUT2D eigenvalue weighted by Gasteiger charge is 2.12. The third kappa shape index (κ3) is 4.12. The van der Waals surface area contributed by atoms with Gasteiger partial charge in [0.15, 0.2) is 10.3 Å². The van der Waals surface area contributed by atoms with Gasteiger partial charge < -0.3 is 4.74 Å². The second-order valence-corrected chi connectivity index (χ2v) is 6.81. The number of carbonyl (C=O) groups excluding carboxylic acids is 2. The van der Waals surface area contributed by atoms with Crippen molar-refractivity contribution in [3.05, 3.63) is 53.3 Å². The predicted octanol–water partition coefficient (Wildman–Crippen LogP) is 3.02. The van der Waals surface area contributed by atoms with Crippen LogP contribution in [0.2, 0.25) is 0 Å². The molecule has 0 unspecified atom stereocenters. The Kier molecular flexibility index (Phi) is 5.69. The molecule has 0 atom stereocenters. The second kappa shape index (κ2) is 8.15. The Balaban J connectivity index is 1.68. The molecule has 134 valence electrons. The topological polar surface area (TPSA) is 86.1 Å². The summed E-state index contributed by atoms with van der Waals surface area (Å²) in [5, 5.41) is 5.78. The lowest BCUT2D eigenvalue weighted by atomic mass is 10.2. The zero-order valence-corrected chi connectivity index (χ0v) is 15.8. The fraction of sp³-hybridized carbons (Fsp3) is 0.176. The number of rotatable bonds is 6. The lowest BCUT2D eigenvalue weighted by molar-refractivity contribution is -0.139. The number of carbonyl (C=O) groups is 2. The molecular formula is C17H16N4O3S2. The summed E-state index contributed by atoms with van der Waals surface area (Å²) >= 11 is 2.82. The number of benzene rings is 1. The SMILES string of the molecule is COC(=O)Cc1csc(NC(=O)c2ccc(-n3ccnc3SC)cc2)n1. The van der Waals surface area contributed by atoms with E-state index in [4.69, 9.17) is 0 Å². The van der Waals surface area contributed by atoms with Crippen LogP contribution in [0.4, 0.5) is 5.13 Å². The number of hydrogen-bond acceptors (Lipinski definition) is 7. The number of nitrogens with one attached hydrogen (secondary N) is 1. The summed E-state index contributed by atoms with van der Waals surface area (Å²) in [6.45, 7) is 0. The molecule has 9 heteroatoms. The van der Waals surface area contributed by atoms with E-state index in [1.165, 1.54) is 18.4 Å². The third-order valence-electron chi connectivity index (χ3n) is 3.52. The van der Waals surface area contributed by atoms with E-state index < -0.39 is 0 Å². The van der Waals surface area contributed by atoms with Crippen LogP contribution in [-0.4, -0.2) is 39.8 Å². The molecule has 2 aromatic heterocycles. The number of ether oxygens (including phenoxy) is 1. The number of amides is 1. The van der Waals surface area contributed by atoms with Crippen LogP contribution in [0.25, 0.3) is 5.69 Å². The zero-order chi connectivity index (χ0) is 18.5. The molecule has 0 aliphatic heterocycles. The van der Waals surface area contributed by atoms with Crippen LogP contribution < -0.4 is 5.32 Å². The van der Waals surface area contributed by atoms with Gasteiger partial charge in [0, 0.05) is 29.0 Å². The molecule has 26 heavy (non-hydrogen) atoms. The van der Waals surface area contributed by atoms with Crippen LogP contribution in [-0.2, 0) is 16.0 Å². The summed E-state index contributed by atoms with van der Waals surface area (Å²) in [6, 6.07) is 7.22. The first-order valence-corrected chi connectivity index (χ1v) is 9.71. The van der Waals surface area contributed by atoms with E-state index in [2.05, 4.69) is 20.0 Å². The lowest BCUT2D eigenvalue weighted by Crippen LogP contribution is -2.12. The molecule has 1 N–H and O–H groups in total.